The van der Waals surface area contributed by atoms with E-state index in [1.165, 1.54) is 12.8 Å². The number of hydrogen-bond acceptors (Lipinski definition) is 3. The zero-order chi connectivity index (χ0) is 16.8. The Morgan fingerprint density at radius 1 is 1.17 bits per heavy atom. The van der Waals surface area contributed by atoms with Crippen molar-refractivity contribution in [2.24, 2.45) is 11.8 Å². The number of rotatable bonds is 6. The Morgan fingerprint density at radius 2 is 1.83 bits per heavy atom. The molecule has 1 saturated carbocycles. The highest BCUT2D eigenvalue weighted by Crippen LogP contribution is 2.26. The lowest BCUT2D eigenvalue weighted by Gasteiger charge is -2.41. The molecule has 1 saturated heterocycles. The second-order valence-corrected chi connectivity index (χ2v) is 7.91. The Bertz CT molecular complexity index is 364. The summed E-state index contributed by atoms with van der Waals surface area (Å²) in [4.78, 5) is 14.7. The molecule has 1 aliphatic carbocycles. The SMILES string of the molecule is CCC(CC(=O)NC1CCN(C2CCCCC2O)CC1)C(C)C. The first-order valence-electron chi connectivity index (χ1n) is 9.72. The Labute approximate surface area is 142 Å². The molecule has 23 heavy (non-hydrogen) atoms. The monoisotopic (exact) mass is 324 g/mol. The largest absolute Gasteiger partial charge is 0.391 e. The van der Waals surface area contributed by atoms with E-state index < -0.39 is 0 Å². The van der Waals surface area contributed by atoms with E-state index in [1.807, 2.05) is 0 Å². The quantitative estimate of drug-likeness (QED) is 0.790. The first kappa shape index (κ1) is 18.7. The zero-order valence-corrected chi connectivity index (χ0v) is 15.3. The second-order valence-electron chi connectivity index (χ2n) is 7.91. The van der Waals surface area contributed by atoms with Crippen LogP contribution in [0.4, 0.5) is 0 Å². The van der Waals surface area contributed by atoms with Crippen LogP contribution in [-0.4, -0.2) is 47.2 Å². The van der Waals surface area contributed by atoms with Crippen LogP contribution in [0.2, 0.25) is 0 Å². The predicted molar refractivity (Wildman–Crippen MR) is 94.2 cm³/mol. The van der Waals surface area contributed by atoms with Gasteiger partial charge in [-0.15, -0.1) is 0 Å². The molecule has 1 heterocycles. The van der Waals surface area contributed by atoms with Crippen LogP contribution in [0.5, 0.6) is 0 Å². The highest BCUT2D eigenvalue weighted by atomic mass is 16.3. The summed E-state index contributed by atoms with van der Waals surface area (Å²) in [6, 6.07) is 0.676. The van der Waals surface area contributed by atoms with Gasteiger partial charge in [-0.05, 0) is 37.5 Å². The number of aliphatic hydroxyl groups excluding tert-OH is 1. The Morgan fingerprint density at radius 3 is 2.39 bits per heavy atom. The van der Waals surface area contributed by atoms with Crippen LogP contribution in [0.1, 0.15) is 72.1 Å². The van der Waals surface area contributed by atoms with Crippen LogP contribution in [0, 0.1) is 11.8 Å². The van der Waals surface area contributed by atoms with Gasteiger partial charge in [0.1, 0.15) is 0 Å². The van der Waals surface area contributed by atoms with E-state index in [0.717, 1.165) is 45.2 Å². The molecule has 3 unspecified atom stereocenters. The third kappa shape index (κ3) is 5.46. The number of piperidine rings is 1. The van der Waals surface area contributed by atoms with Crippen LogP contribution >= 0.6 is 0 Å². The minimum atomic E-state index is -0.147. The van der Waals surface area contributed by atoms with Crippen LogP contribution < -0.4 is 5.32 Å². The molecule has 0 spiro atoms. The minimum Gasteiger partial charge on any atom is -0.391 e. The van der Waals surface area contributed by atoms with Crippen molar-refractivity contribution in [3.8, 4) is 0 Å². The van der Waals surface area contributed by atoms with Crippen molar-refractivity contribution in [1.82, 2.24) is 10.2 Å². The molecule has 4 nitrogen and oxygen atoms in total. The lowest BCUT2D eigenvalue weighted by Crippen LogP contribution is -2.52. The molecule has 1 aliphatic heterocycles. The van der Waals surface area contributed by atoms with Gasteiger partial charge in [-0.2, -0.15) is 0 Å². The summed E-state index contributed by atoms with van der Waals surface area (Å²) in [7, 11) is 0. The van der Waals surface area contributed by atoms with Gasteiger partial charge in [0.05, 0.1) is 6.10 Å². The van der Waals surface area contributed by atoms with Crippen molar-refractivity contribution in [2.45, 2.75) is 90.3 Å². The molecule has 2 fully saturated rings. The molecule has 4 heteroatoms. The summed E-state index contributed by atoms with van der Waals surface area (Å²) in [5.74, 6) is 1.29. The Hall–Kier alpha value is -0.610. The van der Waals surface area contributed by atoms with Crippen LogP contribution in [0.25, 0.3) is 0 Å². The van der Waals surface area contributed by atoms with Crippen molar-refractivity contribution in [1.29, 1.82) is 0 Å². The molecule has 1 amide bonds. The topological polar surface area (TPSA) is 52.6 Å². The number of amides is 1. The third-order valence-corrected chi connectivity index (χ3v) is 5.97. The lowest BCUT2D eigenvalue weighted by molar-refractivity contribution is -0.123. The van der Waals surface area contributed by atoms with E-state index in [9.17, 15) is 9.90 Å². The number of likely N-dealkylation sites (tertiary alicyclic amines) is 1. The lowest BCUT2D eigenvalue weighted by atomic mass is 9.89. The average Bonchev–Trinajstić information content (AvgIpc) is 2.53. The van der Waals surface area contributed by atoms with Crippen molar-refractivity contribution >= 4 is 5.91 Å². The smallest absolute Gasteiger partial charge is 0.220 e. The van der Waals surface area contributed by atoms with E-state index in [0.29, 0.717) is 30.3 Å². The van der Waals surface area contributed by atoms with E-state index in [2.05, 4.69) is 31.0 Å². The molecule has 0 bridgehead atoms. The highest BCUT2D eigenvalue weighted by molar-refractivity contribution is 5.76. The average molecular weight is 325 g/mol. The molecule has 2 rings (SSSR count). The number of hydrogen-bond donors (Lipinski definition) is 2. The standard InChI is InChI=1S/C19H36N2O2/c1-4-15(14(2)3)13-19(23)20-16-9-11-21(12-10-16)17-7-5-6-8-18(17)22/h14-18,22H,4-13H2,1-3H3,(H,20,23). The molecular weight excluding hydrogens is 288 g/mol. The summed E-state index contributed by atoms with van der Waals surface area (Å²) >= 11 is 0. The van der Waals surface area contributed by atoms with Gasteiger partial charge < -0.3 is 10.4 Å². The molecule has 2 aliphatic rings. The maximum absolute atomic E-state index is 12.3. The molecule has 134 valence electrons. The van der Waals surface area contributed by atoms with Gasteiger partial charge in [-0.25, -0.2) is 0 Å². The first-order valence-corrected chi connectivity index (χ1v) is 9.72. The summed E-state index contributed by atoms with van der Waals surface area (Å²) in [6.45, 7) is 8.60. The second kappa shape index (κ2) is 9.03. The van der Waals surface area contributed by atoms with Crippen molar-refractivity contribution in [2.75, 3.05) is 13.1 Å². The number of nitrogens with one attached hydrogen (secondary N) is 1. The molecule has 3 atom stereocenters. The Balaban J connectivity index is 1.73. The summed E-state index contributed by atoms with van der Waals surface area (Å²) in [6.07, 6.45) is 8.12. The van der Waals surface area contributed by atoms with Gasteiger partial charge >= 0.3 is 0 Å². The zero-order valence-electron chi connectivity index (χ0n) is 15.3. The van der Waals surface area contributed by atoms with Crippen molar-refractivity contribution < 1.29 is 9.90 Å². The van der Waals surface area contributed by atoms with Gasteiger partial charge in [0, 0.05) is 31.6 Å². The summed E-state index contributed by atoms with van der Waals surface area (Å²) in [5.41, 5.74) is 0. The fourth-order valence-corrected chi connectivity index (χ4v) is 4.27. The number of aliphatic hydroxyl groups is 1. The van der Waals surface area contributed by atoms with Gasteiger partial charge in [0.2, 0.25) is 5.91 Å². The molecule has 0 radical (unpaired) electrons. The van der Waals surface area contributed by atoms with E-state index >= 15 is 0 Å². The third-order valence-electron chi connectivity index (χ3n) is 5.97. The van der Waals surface area contributed by atoms with Gasteiger partial charge in [-0.1, -0.05) is 40.0 Å². The molecular formula is C19H36N2O2. The molecule has 0 aromatic heterocycles. The minimum absolute atomic E-state index is 0.147. The maximum Gasteiger partial charge on any atom is 0.220 e. The molecule has 0 aromatic carbocycles. The fourth-order valence-electron chi connectivity index (χ4n) is 4.27. The predicted octanol–water partition coefficient (Wildman–Crippen LogP) is 2.94. The van der Waals surface area contributed by atoms with Gasteiger partial charge in [0.15, 0.2) is 0 Å². The van der Waals surface area contributed by atoms with Crippen LogP contribution in [-0.2, 0) is 4.79 Å². The van der Waals surface area contributed by atoms with E-state index in [-0.39, 0.29) is 12.0 Å². The fraction of sp³-hybridized carbons (Fsp3) is 0.947. The first-order chi connectivity index (χ1) is 11.0. The van der Waals surface area contributed by atoms with Gasteiger partial charge in [-0.3, -0.25) is 9.69 Å². The van der Waals surface area contributed by atoms with Crippen molar-refractivity contribution in [3.05, 3.63) is 0 Å². The van der Waals surface area contributed by atoms with Crippen LogP contribution in [0.15, 0.2) is 0 Å². The van der Waals surface area contributed by atoms with Crippen molar-refractivity contribution in [3.63, 3.8) is 0 Å². The van der Waals surface area contributed by atoms with E-state index in [1.54, 1.807) is 0 Å². The normalized spacial score (nSPS) is 28.7. The number of carbonyl (C=O) groups is 1. The highest BCUT2D eigenvalue weighted by Gasteiger charge is 2.31. The van der Waals surface area contributed by atoms with Crippen LogP contribution in [0.3, 0.4) is 0 Å². The number of nitrogens with zero attached hydrogens (tertiary/aromatic N) is 1. The van der Waals surface area contributed by atoms with E-state index in [4.69, 9.17) is 0 Å². The maximum atomic E-state index is 12.3. The Kier molecular flexibility index (Phi) is 7.35. The molecule has 0 aromatic rings. The molecule has 2 N–H and O–H groups in total. The summed E-state index contributed by atoms with van der Waals surface area (Å²) < 4.78 is 0. The number of carbonyl (C=O) groups excluding carboxylic acids is 1. The summed E-state index contributed by atoms with van der Waals surface area (Å²) in [5, 5.41) is 13.4. The van der Waals surface area contributed by atoms with Gasteiger partial charge in [0.25, 0.3) is 0 Å².